The van der Waals surface area contributed by atoms with Crippen LogP contribution in [0.2, 0.25) is 0 Å². The van der Waals surface area contributed by atoms with Crippen LogP contribution in [0.15, 0.2) is 36.7 Å². The molecule has 2 rings (SSSR count). The van der Waals surface area contributed by atoms with E-state index in [1.807, 2.05) is 36.7 Å². The molecule has 4 heteroatoms. The number of methoxy groups -OCH3 is 1. The number of nitrogens with zero attached hydrogens (tertiary/aromatic N) is 2. The fourth-order valence-corrected chi connectivity index (χ4v) is 2.04. The smallest absolute Gasteiger partial charge is 0.132 e. The maximum absolute atomic E-state index is 5.93. The van der Waals surface area contributed by atoms with E-state index in [4.69, 9.17) is 10.5 Å². The number of hydrogen-bond donors (Lipinski definition) is 1. The molecule has 0 bridgehead atoms. The Morgan fingerprint density at radius 2 is 1.90 bits per heavy atom. The average Bonchev–Trinajstić information content (AvgIpc) is 2.49. The highest BCUT2D eigenvalue weighted by Gasteiger charge is 2.06. The highest BCUT2D eigenvalue weighted by Crippen LogP contribution is 2.19. The van der Waals surface area contributed by atoms with Gasteiger partial charge in [-0.1, -0.05) is 25.1 Å². The summed E-state index contributed by atoms with van der Waals surface area (Å²) in [6.07, 6.45) is 6.19. The van der Waals surface area contributed by atoms with Crippen LogP contribution in [0.1, 0.15) is 30.3 Å². The highest BCUT2D eigenvalue weighted by atomic mass is 16.5. The lowest BCUT2D eigenvalue weighted by atomic mass is 10.1. The van der Waals surface area contributed by atoms with E-state index < -0.39 is 0 Å². The van der Waals surface area contributed by atoms with Crippen molar-refractivity contribution in [2.45, 2.75) is 32.2 Å². The third kappa shape index (κ3) is 3.78. The summed E-state index contributed by atoms with van der Waals surface area (Å²) in [5.74, 6) is 1.66. The Hall–Kier alpha value is -1.94. The number of hydrogen-bond acceptors (Lipinski definition) is 4. The standard InChI is InChI=1S/C16H21N3O/c1-3-14(17)8-12-10-18-16(19-11-12)9-13-6-4-5-7-15(13)20-2/h4-7,10-11,14H,3,8-9,17H2,1-2H3. The van der Waals surface area contributed by atoms with Gasteiger partial charge in [-0.25, -0.2) is 9.97 Å². The number of nitrogens with two attached hydrogens (primary N) is 1. The van der Waals surface area contributed by atoms with Gasteiger partial charge in [0.1, 0.15) is 11.6 Å². The van der Waals surface area contributed by atoms with Gasteiger partial charge in [0, 0.05) is 30.4 Å². The number of benzene rings is 1. The Labute approximate surface area is 120 Å². The topological polar surface area (TPSA) is 61.0 Å². The van der Waals surface area contributed by atoms with E-state index in [-0.39, 0.29) is 6.04 Å². The van der Waals surface area contributed by atoms with E-state index in [1.54, 1.807) is 7.11 Å². The summed E-state index contributed by atoms with van der Waals surface area (Å²) < 4.78 is 5.34. The zero-order valence-electron chi connectivity index (χ0n) is 12.0. The molecule has 4 nitrogen and oxygen atoms in total. The first-order valence-corrected chi connectivity index (χ1v) is 6.90. The van der Waals surface area contributed by atoms with E-state index in [1.165, 1.54) is 0 Å². The fraction of sp³-hybridized carbons (Fsp3) is 0.375. The molecule has 0 amide bonds. The Bertz CT molecular complexity index is 540. The zero-order chi connectivity index (χ0) is 14.4. The van der Waals surface area contributed by atoms with Crippen LogP contribution in [-0.2, 0) is 12.8 Å². The van der Waals surface area contributed by atoms with Crippen molar-refractivity contribution in [2.75, 3.05) is 7.11 Å². The third-order valence-corrected chi connectivity index (χ3v) is 3.32. The van der Waals surface area contributed by atoms with Gasteiger partial charge in [-0.3, -0.25) is 0 Å². The van der Waals surface area contributed by atoms with Gasteiger partial charge in [-0.15, -0.1) is 0 Å². The molecule has 1 aromatic carbocycles. The van der Waals surface area contributed by atoms with Gasteiger partial charge >= 0.3 is 0 Å². The molecule has 1 atom stereocenters. The SMILES string of the molecule is CCC(N)Cc1cnc(Cc2ccccc2OC)nc1. The molecule has 0 saturated heterocycles. The second-order valence-electron chi connectivity index (χ2n) is 4.87. The van der Waals surface area contributed by atoms with Crippen LogP contribution in [0, 0.1) is 0 Å². The van der Waals surface area contributed by atoms with Gasteiger partial charge in [-0.2, -0.15) is 0 Å². The van der Waals surface area contributed by atoms with E-state index >= 15 is 0 Å². The lowest BCUT2D eigenvalue weighted by Crippen LogP contribution is -2.21. The van der Waals surface area contributed by atoms with Crippen LogP contribution < -0.4 is 10.5 Å². The van der Waals surface area contributed by atoms with Crippen molar-refractivity contribution >= 4 is 0 Å². The average molecular weight is 271 g/mol. The Morgan fingerprint density at radius 1 is 1.20 bits per heavy atom. The predicted molar refractivity (Wildman–Crippen MR) is 79.8 cm³/mol. The summed E-state index contributed by atoms with van der Waals surface area (Å²) in [6.45, 7) is 2.08. The summed E-state index contributed by atoms with van der Waals surface area (Å²) in [7, 11) is 1.68. The molecule has 1 unspecified atom stereocenters. The number of rotatable bonds is 6. The summed E-state index contributed by atoms with van der Waals surface area (Å²) >= 11 is 0. The predicted octanol–water partition coefficient (Wildman–Crippen LogP) is 2.36. The lowest BCUT2D eigenvalue weighted by Gasteiger charge is -2.09. The van der Waals surface area contributed by atoms with Gasteiger partial charge in [0.25, 0.3) is 0 Å². The van der Waals surface area contributed by atoms with Crippen molar-refractivity contribution in [3.8, 4) is 5.75 Å². The Morgan fingerprint density at radius 3 is 2.55 bits per heavy atom. The lowest BCUT2D eigenvalue weighted by molar-refractivity contribution is 0.410. The van der Waals surface area contributed by atoms with Crippen molar-refractivity contribution in [3.05, 3.63) is 53.6 Å². The third-order valence-electron chi connectivity index (χ3n) is 3.32. The summed E-state index contributed by atoms with van der Waals surface area (Å²) in [5, 5.41) is 0. The number of aromatic nitrogens is 2. The molecule has 0 spiro atoms. The molecule has 2 N–H and O–H groups in total. The van der Waals surface area contributed by atoms with Crippen LogP contribution in [0.5, 0.6) is 5.75 Å². The molecule has 1 aromatic heterocycles. The second-order valence-corrected chi connectivity index (χ2v) is 4.87. The first kappa shape index (κ1) is 14.5. The van der Waals surface area contributed by atoms with Crippen LogP contribution >= 0.6 is 0 Å². The fourth-order valence-electron chi connectivity index (χ4n) is 2.04. The maximum atomic E-state index is 5.93. The van der Waals surface area contributed by atoms with Crippen LogP contribution in [0.3, 0.4) is 0 Å². The normalized spacial score (nSPS) is 12.2. The van der Waals surface area contributed by atoms with Crippen molar-refractivity contribution in [1.29, 1.82) is 0 Å². The molecule has 0 fully saturated rings. The molecule has 0 aliphatic rings. The molecule has 1 heterocycles. The van der Waals surface area contributed by atoms with Crippen LogP contribution in [0.4, 0.5) is 0 Å². The summed E-state index contributed by atoms with van der Waals surface area (Å²) in [6, 6.07) is 8.11. The molecule has 20 heavy (non-hydrogen) atoms. The Balaban J connectivity index is 2.07. The van der Waals surface area contributed by atoms with Crippen molar-refractivity contribution in [3.63, 3.8) is 0 Å². The van der Waals surface area contributed by atoms with Crippen molar-refractivity contribution in [2.24, 2.45) is 5.73 Å². The van der Waals surface area contributed by atoms with E-state index in [0.717, 1.165) is 35.5 Å². The minimum absolute atomic E-state index is 0.179. The first-order valence-electron chi connectivity index (χ1n) is 6.90. The van der Waals surface area contributed by atoms with Gasteiger partial charge in [0.05, 0.1) is 7.11 Å². The zero-order valence-corrected chi connectivity index (χ0v) is 12.0. The molecule has 0 aliphatic heterocycles. The Kier molecular flexibility index (Phi) is 5.07. The second kappa shape index (κ2) is 7.01. The van der Waals surface area contributed by atoms with Gasteiger partial charge in [-0.05, 0) is 24.5 Å². The van der Waals surface area contributed by atoms with Gasteiger partial charge in [0.2, 0.25) is 0 Å². The minimum atomic E-state index is 0.179. The van der Waals surface area contributed by atoms with Crippen LogP contribution in [0.25, 0.3) is 0 Å². The molecule has 0 aliphatic carbocycles. The molecule has 106 valence electrons. The molecular formula is C16H21N3O. The molecule has 0 radical (unpaired) electrons. The van der Waals surface area contributed by atoms with Crippen molar-refractivity contribution in [1.82, 2.24) is 9.97 Å². The van der Waals surface area contributed by atoms with Crippen molar-refractivity contribution < 1.29 is 4.74 Å². The van der Waals surface area contributed by atoms with E-state index in [9.17, 15) is 0 Å². The summed E-state index contributed by atoms with van der Waals surface area (Å²) in [5.41, 5.74) is 8.11. The monoisotopic (exact) mass is 271 g/mol. The quantitative estimate of drug-likeness (QED) is 0.876. The summed E-state index contributed by atoms with van der Waals surface area (Å²) in [4.78, 5) is 8.83. The van der Waals surface area contributed by atoms with Gasteiger partial charge in [0.15, 0.2) is 0 Å². The number of para-hydroxylation sites is 1. The molecular weight excluding hydrogens is 250 g/mol. The van der Waals surface area contributed by atoms with E-state index in [2.05, 4.69) is 16.9 Å². The minimum Gasteiger partial charge on any atom is -0.496 e. The first-order chi connectivity index (χ1) is 9.72. The molecule has 0 saturated carbocycles. The molecule has 2 aromatic rings. The van der Waals surface area contributed by atoms with E-state index in [0.29, 0.717) is 6.42 Å². The largest absolute Gasteiger partial charge is 0.496 e. The maximum Gasteiger partial charge on any atom is 0.132 e. The van der Waals surface area contributed by atoms with Gasteiger partial charge < -0.3 is 10.5 Å². The highest BCUT2D eigenvalue weighted by molar-refractivity contribution is 5.35. The van der Waals surface area contributed by atoms with Crippen LogP contribution in [-0.4, -0.2) is 23.1 Å². The number of ether oxygens (including phenoxy) is 1.